The van der Waals surface area contributed by atoms with E-state index in [0.717, 1.165) is 16.2 Å². The SMILES string of the molecule is CC(C)(C)NCc1sc(-c2cccs2)nc1C(F)(F)F. The van der Waals surface area contributed by atoms with Crippen LogP contribution in [0, 0.1) is 0 Å². The van der Waals surface area contributed by atoms with Crippen LogP contribution in [0.2, 0.25) is 0 Å². The molecule has 0 aliphatic rings. The molecule has 2 nitrogen and oxygen atoms in total. The van der Waals surface area contributed by atoms with Crippen molar-refractivity contribution in [3.8, 4) is 9.88 Å². The van der Waals surface area contributed by atoms with Gasteiger partial charge in [0.15, 0.2) is 5.69 Å². The van der Waals surface area contributed by atoms with Crippen molar-refractivity contribution in [3.05, 3.63) is 28.1 Å². The van der Waals surface area contributed by atoms with Gasteiger partial charge in [0, 0.05) is 12.1 Å². The third-order valence-electron chi connectivity index (χ3n) is 2.48. The van der Waals surface area contributed by atoms with Crippen molar-refractivity contribution < 1.29 is 13.2 Å². The largest absolute Gasteiger partial charge is 0.434 e. The van der Waals surface area contributed by atoms with Crippen molar-refractivity contribution >= 4 is 22.7 Å². The number of rotatable bonds is 3. The molecule has 0 aromatic carbocycles. The Labute approximate surface area is 123 Å². The molecule has 2 heterocycles. The Balaban J connectivity index is 2.34. The van der Waals surface area contributed by atoms with Crippen LogP contribution in [0.3, 0.4) is 0 Å². The van der Waals surface area contributed by atoms with E-state index in [1.807, 2.05) is 32.2 Å². The normalized spacial score (nSPS) is 12.9. The quantitative estimate of drug-likeness (QED) is 0.880. The molecule has 2 rings (SSSR count). The second-order valence-electron chi connectivity index (χ2n) is 5.37. The van der Waals surface area contributed by atoms with Gasteiger partial charge in [0.1, 0.15) is 5.01 Å². The molecule has 110 valence electrons. The molecule has 2 aromatic rings. The molecule has 0 aliphatic carbocycles. The molecule has 20 heavy (non-hydrogen) atoms. The fraction of sp³-hybridized carbons (Fsp3) is 0.462. The van der Waals surface area contributed by atoms with E-state index in [4.69, 9.17) is 0 Å². The van der Waals surface area contributed by atoms with Crippen molar-refractivity contribution in [3.63, 3.8) is 0 Å². The van der Waals surface area contributed by atoms with Crippen LogP contribution in [0.15, 0.2) is 17.5 Å². The summed E-state index contributed by atoms with van der Waals surface area (Å²) >= 11 is 2.49. The minimum atomic E-state index is -4.42. The van der Waals surface area contributed by atoms with Crippen molar-refractivity contribution in [1.82, 2.24) is 10.3 Å². The smallest absolute Gasteiger partial charge is 0.307 e. The number of hydrogen-bond acceptors (Lipinski definition) is 4. The van der Waals surface area contributed by atoms with Crippen molar-refractivity contribution in [2.75, 3.05) is 0 Å². The number of nitrogens with zero attached hydrogens (tertiary/aromatic N) is 1. The van der Waals surface area contributed by atoms with Gasteiger partial charge < -0.3 is 5.32 Å². The third kappa shape index (κ3) is 3.80. The average Bonchev–Trinajstić information content (AvgIpc) is 2.93. The van der Waals surface area contributed by atoms with E-state index in [-0.39, 0.29) is 17.0 Å². The van der Waals surface area contributed by atoms with Gasteiger partial charge >= 0.3 is 6.18 Å². The highest BCUT2D eigenvalue weighted by Gasteiger charge is 2.37. The number of thiophene rings is 1. The summed E-state index contributed by atoms with van der Waals surface area (Å²) in [6.07, 6.45) is -4.42. The van der Waals surface area contributed by atoms with Crippen LogP contribution in [0.25, 0.3) is 9.88 Å². The highest BCUT2D eigenvalue weighted by molar-refractivity contribution is 7.21. The predicted molar refractivity (Wildman–Crippen MR) is 77.0 cm³/mol. The maximum absolute atomic E-state index is 13.0. The van der Waals surface area contributed by atoms with E-state index < -0.39 is 11.9 Å². The molecule has 0 aliphatic heterocycles. The molecule has 0 amide bonds. The van der Waals surface area contributed by atoms with Crippen molar-refractivity contribution in [2.45, 2.75) is 39.0 Å². The van der Waals surface area contributed by atoms with Gasteiger partial charge in [0.05, 0.1) is 9.75 Å². The van der Waals surface area contributed by atoms with Gasteiger partial charge in [-0.05, 0) is 32.2 Å². The maximum atomic E-state index is 13.0. The number of aromatic nitrogens is 1. The predicted octanol–water partition coefficient (Wildman–Crippen LogP) is 4.78. The summed E-state index contributed by atoms with van der Waals surface area (Å²) in [6, 6.07) is 3.59. The van der Waals surface area contributed by atoms with E-state index in [9.17, 15) is 13.2 Å². The number of nitrogens with one attached hydrogen (secondary N) is 1. The molecule has 0 saturated heterocycles. The number of thiazole rings is 1. The fourth-order valence-corrected chi connectivity index (χ4v) is 3.36. The summed E-state index contributed by atoms with van der Waals surface area (Å²) in [6.45, 7) is 5.92. The molecular formula is C13H15F3N2S2. The second-order valence-corrected chi connectivity index (χ2v) is 7.40. The molecule has 0 radical (unpaired) electrons. The average molecular weight is 320 g/mol. The van der Waals surface area contributed by atoms with Crippen LogP contribution < -0.4 is 5.32 Å². The minimum absolute atomic E-state index is 0.168. The summed E-state index contributed by atoms with van der Waals surface area (Å²) in [5.41, 5.74) is -1.02. The lowest BCUT2D eigenvalue weighted by atomic mass is 10.1. The maximum Gasteiger partial charge on any atom is 0.434 e. The van der Waals surface area contributed by atoms with Gasteiger partial charge in [-0.1, -0.05) is 6.07 Å². The highest BCUT2D eigenvalue weighted by atomic mass is 32.1. The molecule has 1 N–H and O–H groups in total. The lowest BCUT2D eigenvalue weighted by Crippen LogP contribution is -2.35. The van der Waals surface area contributed by atoms with Gasteiger partial charge in [-0.15, -0.1) is 22.7 Å². The zero-order valence-electron chi connectivity index (χ0n) is 11.3. The highest BCUT2D eigenvalue weighted by Crippen LogP contribution is 2.38. The standard InChI is InChI=1S/C13H15F3N2S2/c1-12(2,3)17-7-9-10(13(14,15)16)18-11(20-9)8-5-4-6-19-8/h4-6,17H,7H2,1-3H3. The van der Waals surface area contributed by atoms with Crippen molar-refractivity contribution in [2.24, 2.45) is 0 Å². The first-order chi connectivity index (χ1) is 9.17. The summed E-state index contributed by atoms with van der Waals surface area (Å²) in [5.74, 6) is 0. The van der Waals surface area contributed by atoms with Crippen LogP contribution in [-0.4, -0.2) is 10.5 Å². The number of halogens is 3. The van der Waals surface area contributed by atoms with Crippen LogP contribution in [0.1, 0.15) is 31.3 Å². The zero-order valence-corrected chi connectivity index (χ0v) is 13.0. The van der Waals surface area contributed by atoms with E-state index in [0.29, 0.717) is 5.01 Å². The number of alkyl halides is 3. The second kappa shape index (κ2) is 5.46. The Morgan fingerprint density at radius 3 is 2.45 bits per heavy atom. The Hall–Kier alpha value is -0.920. The van der Waals surface area contributed by atoms with Gasteiger partial charge in [-0.3, -0.25) is 0 Å². The molecule has 0 bridgehead atoms. The Kier molecular flexibility index (Phi) is 4.22. The van der Waals surface area contributed by atoms with Gasteiger partial charge in [-0.2, -0.15) is 13.2 Å². The summed E-state index contributed by atoms with van der Waals surface area (Å²) in [7, 11) is 0. The van der Waals surface area contributed by atoms with Crippen LogP contribution in [0.4, 0.5) is 13.2 Å². The molecule has 2 aromatic heterocycles. The Morgan fingerprint density at radius 1 is 1.25 bits per heavy atom. The summed E-state index contributed by atoms with van der Waals surface area (Å²) < 4.78 is 39.1. The molecule has 0 atom stereocenters. The third-order valence-corrected chi connectivity index (χ3v) is 4.57. The van der Waals surface area contributed by atoms with Crippen LogP contribution in [0.5, 0.6) is 0 Å². The summed E-state index contributed by atoms with van der Waals surface area (Å²) in [4.78, 5) is 4.79. The van der Waals surface area contributed by atoms with Crippen LogP contribution in [-0.2, 0) is 12.7 Å². The molecule has 7 heteroatoms. The zero-order chi connectivity index (χ0) is 15.0. The van der Waals surface area contributed by atoms with E-state index in [1.54, 1.807) is 6.07 Å². The molecule has 0 unspecified atom stereocenters. The lowest BCUT2D eigenvalue weighted by Gasteiger charge is -2.20. The lowest BCUT2D eigenvalue weighted by molar-refractivity contribution is -0.141. The van der Waals surface area contributed by atoms with Gasteiger partial charge in [-0.25, -0.2) is 4.98 Å². The van der Waals surface area contributed by atoms with E-state index in [1.165, 1.54) is 11.3 Å². The molecule has 0 fully saturated rings. The first-order valence-corrected chi connectivity index (χ1v) is 7.72. The van der Waals surface area contributed by atoms with Crippen LogP contribution >= 0.6 is 22.7 Å². The van der Waals surface area contributed by atoms with Crippen molar-refractivity contribution in [1.29, 1.82) is 0 Å². The molecular weight excluding hydrogens is 305 g/mol. The Bertz CT molecular complexity index is 565. The number of hydrogen-bond donors (Lipinski definition) is 1. The minimum Gasteiger partial charge on any atom is -0.307 e. The topological polar surface area (TPSA) is 24.9 Å². The van der Waals surface area contributed by atoms with Gasteiger partial charge in [0.2, 0.25) is 0 Å². The van der Waals surface area contributed by atoms with E-state index >= 15 is 0 Å². The molecule has 0 saturated carbocycles. The first-order valence-electron chi connectivity index (χ1n) is 6.02. The monoisotopic (exact) mass is 320 g/mol. The first kappa shape index (κ1) is 15.5. The molecule has 0 spiro atoms. The fourth-order valence-electron chi connectivity index (χ4n) is 1.54. The summed E-state index contributed by atoms with van der Waals surface area (Å²) in [5, 5.41) is 5.34. The van der Waals surface area contributed by atoms with Gasteiger partial charge in [0.25, 0.3) is 0 Å². The Morgan fingerprint density at radius 2 is 1.95 bits per heavy atom. The van der Waals surface area contributed by atoms with E-state index in [2.05, 4.69) is 10.3 Å².